The first-order valence-electron chi connectivity index (χ1n) is 10.8. The number of hydrogen-bond donors (Lipinski definition) is 1. The molecule has 0 spiro atoms. The van der Waals surface area contributed by atoms with Gasteiger partial charge in [0.15, 0.2) is 5.82 Å². The molecule has 4 aromatic rings. The van der Waals surface area contributed by atoms with Crippen LogP contribution >= 0.6 is 0 Å². The van der Waals surface area contributed by atoms with E-state index in [-0.39, 0.29) is 0 Å². The van der Waals surface area contributed by atoms with Crippen molar-refractivity contribution in [3.63, 3.8) is 0 Å². The molecule has 2 atom stereocenters. The van der Waals surface area contributed by atoms with E-state index in [0.717, 1.165) is 23.0 Å². The molecule has 1 aliphatic carbocycles. The summed E-state index contributed by atoms with van der Waals surface area (Å²) < 4.78 is 5.53. The summed E-state index contributed by atoms with van der Waals surface area (Å²) in [5.41, 5.74) is -0.481. The van der Waals surface area contributed by atoms with Gasteiger partial charge in [-0.25, -0.2) is 23.5 Å². The lowest BCUT2D eigenvalue weighted by Crippen LogP contribution is -2.50. The molecule has 1 saturated carbocycles. The van der Waals surface area contributed by atoms with E-state index in [1.807, 2.05) is 36.4 Å². The Kier molecular flexibility index (Phi) is 4.09. The van der Waals surface area contributed by atoms with Crippen molar-refractivity contribution in [2.75, 3.05) is 0 Å². The molecule has 9 nitrogen and oxygen atoms in total. The lowest BCUT2D eigenvalue weighted by atomic mass is 9.77. The fraction of sp³-hybridized carbons (Fsp3) is 0.304. The molecular formula is C23H22N6O3. The van der Waals surface area contributed by atoms with E-state index >= 15 is 0 Å². The minimum absolute atomic E-state index is 0.353. The monoisotopic (exact) mass is 430 g/mol. The molecule has 0 saturated heterocycles. The molecule has 2 aromatic carbocycles. The molecule has 2 aliphatic rings. The molecule has 6 rings (SSSR count). The van der Waals surface area contributed by atoms with Gasteiger partial charge in [-0.05, 0) is 30.5 Å². The summed E-state index contributed by atoms with van der Waals surface area (Å²) in [4.78, 5) is 27.2. The Bertz CT molecular complexity index is 1420. The molecule has 1 N–H and O–H groups in total. The van der Waals surface area contributed by atoms with Crippen LogP contribution in [0, 0.1) is 0 Å². The highest BCUT2D eigenvalue weighted by Crippen LogP contribution is 2.47. The number of aromatic nitrogens is 6. The summed E-state index contributed by atoms with van der Waals surface area (Å²) in [6, 6.07) is 18.0. The van der Waals surface area contributed by atoms with E-state index in [9.17, 15) is 14.7 Å². The number of benzene rings is 2. The Morgan fingerprint density at radius 3 is 2.44 bits per heavy atom. The third-order valence-corrected chi connectivity index (χ3v) is 6.62. The first kappa shape index (κ1) is 19.0. The zero-order chi connectivity index (χ0) is 21.9. The van der Waals surface area contributed by atoms with E-state index in [1.165, 1.54) is 9.36 Å². The summed E-state index contributed by atoms with van der Waals surface area (Å²) in [6.07, 6.45) is 2.72. The van der Waals surface area contributed by atoms with Crippen LogP contribution in [0.25, 0.3) is 11.5 Å². The van der Waals surface area contributed by atoms with Gasteiger partial charge in [0.25, 0.3) is 0 Å². The van der Waals surface area contributed by atoms with Gasteiger partial charge < -0.3 is 5.11 Å². The normalized spacial score (nSPS) is 21.6. The summed E-state index contributed by atoms with van der Waals surface area (Å²) in [5, 5.41) is 20.4. The number of aliphatic hydroxyl groups is 1. The summed E-state index contributed by atoms with van der Waals surface area (Å²) in [5.74, 6) is 0.353. The minimum atomic E-state index is -1.35. The highest BCUT2D eigenvalue weighted by Gasteiger charge is 2.52. The van der Waals surface area contributed by atoms with Crippen LogP contribution in [-0.2, 0) is 12.1 Å². The van der Waals surface area contributed by atoms with Crippen LogP contribution in [0.4, 0.5) is 0 Å². The van der Waals surface area contributed by atoms with E-state index < -0.39 is 23.0 Å². The first-order chi connectivity index (χ1) is 15.6. The fourth-order valence-corrected chi connectivity index (χ4v) is 5.12. The van der Waals surface area contributed by atoms with Crippen molar-refractivity contribution in [1.82, 2.24) is 28.9 Å². The Balaban J connectivity index is 1.64. The smallest absolute Gasteiger partial charge is 0.358 e. The second kappa shape index (κ2) is 6.89. The molecule has 0 bridgehead atoms. The maximum Gasteiger partial charge on any atom is 0.358 e. The van der Waals surface area contributed by atoms with E-state index in [1.54, 1.807) is 28.9 Å². The lowest BCUT2D eigenvalue weighted by molar-refractivity contribution is -0.0659. The van der Waals surface area contributed by atoms with Gasteiger partial charge in [-0.2, -0.15) is 4.68 Å². The predicted molar refractivity (Wildman–Crippen MR) is 116 cm³/mol. The number of rotatable bonds is 3. The van der Waals surface area contributed by atoms with Crippen LogP contribution in [0.5, 0.6) is 0 Å². The Labute approximate surface area is 182 Å². The van der Waals surface area contributed by atoms with Gasteiger partial charge in [0.1, 0.15) is 11.3 Å². The summed E-state index contributed by atoms with van der Waals surface area (Å²) >= 11 is 0. The van der Waals surface area contributed by atoms with Crippen LogP contribution in [-0.4, -0.2) is 34.0 Å². The van der Waals surface area contributed by atoms with Gasteiger partial charge >= 0.3 is 11.4 Å². The van der Waals surface area contributed by atoms with Gasteiger partial charge in [-0.15, -0.1) is 5.10 Å². The van der Waals surface area contributed by atoms with Crippen LogP contribution < -0.4 is 11.4 Å². The van der Waals surface area contributed by atoms with Crippen molar-refractivity contribution >= 4 is 0 Å². The molecule has 1 aliphatic heterocycles. The molecule has 3 heterocycles. The SMILES string of the molecule is O=c1n(-c2ccccc2)c(=O)n2n1-c1c(nnn1Cc1ccccc1)[C@]1(O)CCCC[C@H]21. The second-order valence-electron chi connectivity index (χ2n) is 8.48. The van der Waals surface area contributed by atoms with Crippen LogP contribution in [0.3, 0.4) is 0 Å². The number of nitrogens with zero attached hydrogens (tertiary/aromatic N) is 6. The Morgan fingerprint density at radius 1 is 0.969 bits per heavy atom. The number of para-hydroxylation sites is 1. The van der Waals surface area contributed by atoms with E-state index in [2.05, 4.69) is 10.3 Å². The van der Waals surface area contributed by atoms with Gasteiger partial charge in [0.2, 0.25) is 0 Å². The van der Waals surface area contributed by atoms with Gasteiger partial charge in [0.05, 0.1) is 18.3 Å². The molecule has 9 heteroatoms. The molecule has 0 unspecified atom stereocenters. The molecular weight excluding hydrogens is 408 g/mol. The second-order valence-corrected chi connectivity index (χ2v) is 8.48. The summed E-state index contributed by atoms with van der Waals surface area (Å²) in [6.45, 7) is 0.362. The highest BCUT2D eigenvalue weighted by molar-refractivity contribution is 5.39. The van der Waals surface area contributed by atoms with Crippen molar-refractivity contribution in [1.29, 1.82) is 0 Å². The average molecular weight is 430 g/mol. The molecule has 0 radical (unpaired) electrons. The number of hydrogen-bond acceptors (Lipinski definition) is 5. The van der Waals surface area contributed by atoms with Crippen molar-refractivity contribution in [2.45, 2.75) is 43.9 Å². The molecule has 2 aromatic heterocycles. The highest BCUT2D eigenvalue weighted by atomic mass is 16.3. The van der Waals surface area contributed by atoms with Gasteiger partial charge in [0, 0.05) is 0 Å². The van der Waals surface area contributed by atoms with Crippen LogP contribution in [0.2, 0.25) is 0 Å². The minimum Gasteiger partial charge on any atom is -0.381 e. The standard InChI is InChI=1S/C23H22N6O3/c30-21-27(17-11-5-2-6-12-17)22(31)29-20-19(23(32)14-8-7-13-18(23)28(21)29)24-25-26(20)15-16-9-3-1-4-10-16/h1-6,9-12,18,32H,7-8,13-15H2/t18-,23-/m0/s1. The fourth-order valence-electron chi connectivity index (χ4n) is 5.12. The maximum atomic E-state index is 13.6. The average Bonchev–Trinajstić information content (AvgIpc) is 3.34. The molecule has 0 amide bonds. The predicted octanol–water partition coefficient (Wildman–Crippen LogP) is 1.75. The first-order valence-corrected chi connectivity index (χ1v) is 10.8. The molecule has 162 valence electrons. The molecule has 32 heavy (non-hydrogen) atoms. The van der Waals surface area contributed by atoms with Crippen molar-refractivity contribution in [3.05, 3.63) is 92.9 Å². The van der Waals surface area contributed by atoms with Crippen molar-refractivity contribution in [2.24, 2.45) is 0 Å². The van der Waals surface area contributed by atoms with Gasteiger partial charge in [-0.3, -0.25) is 0 Å². The zero-order valence-corrected chi connectivity index (χ0v) is 17.3. The van der Waals surface area contributed by atoms with Crippen molar-refractivity contribution in [3.8, 4) is 11.5 Å². The lowest BCUT2D eigenvalue weighted by Gasteiger charge is -2.42. The van der Waals surface area contributed by atoms with Crippen molar-refractivity contribution < 1.29 is 5.11 Å². The third-order valence-electron chi connectivity index (χ3n) is 6.62. The van der Waals surface area contributed by atoms with Crippen LogP contribution in [0.15, 0.2) is 70.3 Å². The third kappa shape index (κ3) is 2.54. The Hall–Kier alpha value is -3.72. The maximum absolute atomic E-state index is 13.6. The van der Waals surface area contributed by atoms with E-state index in [4.69, 9.17) is 0 Å². The van der Waals surface area contributed by atoms with Gasteiger partial charge in [-0.1, -0.05) is 66.6 Å². The number of fused-ring (bicyclic) bond motifs is 6. The zero-order valence-electron chi connectivity index (χ0n) is 17.3. The van der Waals surface area contributed by atoms with Crippen LogP contribution in [0.1, 0.15) is 43.0 Å². The largest absolute Gasteiger partial charge is 0.381 e. The quantitative estimate of drug-likeness (QED) is 0.534. The topological polar surface area (TPSA) is 99.9 Å². The van der Waals surface area contributed by atoms with E-state index in [0.29, 0.717) is 36.6 Å². The molecule has 1 fully saturated rings. The Morgan fingerprint density at radius 2 is 1.69 bits per heavy atom. The summed E-state index contributed by atoms with van der Waals surface area (Å²) in [7, 11) is 0.